The van der Waals surface area contributed by atoms with Crippen LogP contribution in [0.15, 0.2) is 36.4 Å². The monoisotopic (exact) mass is 329 g/mol. The molecule has 0 aliphatic carbocycles. The highest BCUT2D eigenvalue weighted by Crippen LogP contribution is 2.31. The SMILES string of the molecule is CCOc1ccccc1CN(C)Cc1cc(OC)c(OC)cc1C. The summed E-state index contributed by atoms with van der Waals surface area (Å²) in [6, 6.07) is 12.3. The lowest BCUT2D eigenvalue weighted by molar-refractivity contribution is 0.296. The third-order valence-electron chi connectivity index (χ3n) is 4.00. The van der Waals surface area contributed by atoms with Gasteiger partial charge in [-0.2, -0.15) is 0 Å². The normalized spacial score (nSPS) is 10.8. The van der Waals surface area contributed by atoms with Gasteiger partial charge < -0.3 is 14.2 Å². The third-order valence-corrected chi connectivity index (χ3v) is 4.00. The Morgan fingerprint density at radius 1 is 0.875 bits per heavy atom. The van der Waals surface area contributed by atoms with Crippen LogP contribution in [0.25, 0.3) is 0 Å². The van der Waals surface area contributed by atoms with Crippen LogP contribution >= 0.6 is 0 Å². The Balaban J connectivity index is 2.14. The first-order valence-corrected chi connectivity index (χ1v) is 8.19. The Hall–Kier alpha value is -2.20. The molecule has 2 aromatic rings. The van der Waals surface area contributed by atoms with Crippen molar-refractivity contribution < 1.29 is 14.2 Å². The number of para-hydroxylation sites is 1. The predicted molar refractivity (Wildman–Crippen MR) is 97.1 cm³/mol. The molecule has 2 rings (SSSR count). The van der Waals surface area contributed by atoms with Crippen molar-refractivity contribution in [2.24, 2.45) is 0 Å². The van der Waals surface area contributed by atoms with Crippen LogP contribution < -0.4 is 14.2 Å². The molecule has 0 radical (unpaired) electrons. The van der Waals surface area contributed by atoms with E-state index in [1.165, 1.54) is 16.7 Å². The molecule has 2 aromatic carbocycles. The van der Waals surface area contributed by atoms with E-state index in [-0.39, 0.29) is 0 Å². The maximum atomic E-state index is 5.72. The standard InChI is InChI=1S/C20H27NO3/c1-6-24-18-10-8-7-9-16(18)13-21(3)14-17-12-20(23-5)19(22-4)11-15(17)2/h7-12H,6,13-14H2,1-5H3. The van der Waals surface area contributed by atoms with E-state index in [1.54, 1.807) is 14.2 Å². The van der Waals surface area contributed by atoms with Gasteiger partial charge in [-0.15, -0.1) is 0 Å². The number of aryl methyl sites for hydroxylation is 1. The van der Waals surface area contributed by atoms with Crippen LogP contribution in [0.1, 0.15) is 23.6 Å². The zero-order chi connectivity index (χ0) is 17.5. The van der Waals surface area contributed by atoms with E-state index in [0.717, 1.165) is 30.3 Å². The molecular weight excluding hydrogens is 302 g/mol. The number of hydrogen-bond donors (Lipinski definition) is 0. The number of nitrogens with zero attached hydrogens (tertiary/aromatic N) is 1. The van der Waals surface area contributed by atoms with Crippen LogP contribution in [0.3, 0.4) is 0 Å². The maximum absolute atomic E-state index is 5.72. The second kappa shape index (κ2) is 8.60. The first kappa shape index (κ1) is 18.1. The molecule has 0 spiro atoms. The van der Waals surface area contributed by atoms with E-state index >= 15 is 0 Å². The van der Waals surface area contributed by atoms with Crippen molar-refractivity contribution in [3.8, 4) is 17.2 Å². The summed E-state index contributed by atoms with van der Waals surface area (Å²) >= 11 is 0. The molecular formula is C20H27NO3. The summed E-state index contributed by atoms with van der Waals surface area (Å²) in [4.78, 5) is 2.27. The van der Waals surface area contributed by atoms with E-state index < -0.39 is 0 Å². The molecule has 0 amide bonds. The lowest BCUT2D eigenvalue weighted by Gasteiger charge is -2.21. The highest BCUT2D eigenvalue weighted by atomic mass is 16.5. The van der Waals surface area contributed by atoms with Crippen LogP contribution in [0.4, 0.5) is 0 Å². The molecule has 4 nitrogen and oxygen atoms in total. The lowest BCUT2D eigenvalue weighted by Crippen LogP contribution is -2.18. The lowest BCUT2D eigenvalue weighted by atomic mass is 10.1. The van der Waals surface area contributed by atoms with E-state index in [1.807, 2.05) is 31.2 Å². The van der Waals surface area contributed by atoms with Gasteiger partial charge >= 0.3 is 0 Å². The number of benzene rings is 2. The van der Waals surface area contributed by atoms with Gasteiger partial charge in [-0.25, -0.2) is 0 Å². The van der Waals surface area contributed by atoms with Crippen molar-refractivity contribution in [3.63, 3.8) is 0 Å². The number of ether oxygens (including phenoxy) is 3. The summed E-state index contributed by atoms with van der Waals surface area (Å²) < 4.78 is 16.5. The molecule has 0 aliphatic heterocycles. The number of methoxy groups -OCH3 is 2. The molecule has 24 heavy (non-hydrogen) atoms. The van der Waals surface area contributed by atoms with Gasteiger partial charge in [0.25, 0.3) is 0 Å². The van der Waals surface area contributed by atoms with Gasteiger partial charge in [-0.1, -0.05) is 18.2 Å². The summed E-state index contributed by atoms with van der Waals surface area (Å²) in [5.41, 5.74) is 3.61. The number of rotatable bonds is 8. The maximum Gasteiger partial charge on any atom is 0.161 e. The Morgan fingerprint density at radius 2 is 1.50 bits per heavy atom. The first-order valence-electron chi connectivity index (χ1n) is 8.19. The van der Waals surface area contributed by atoms with Crippen LogP contribution in [0, 0.1) is 6.92 Å². The molecule has 0 saturated heterocycles. The quantitative estimate of drug-likeness (QED) is 0.731. The Kier molecular flexibility index (Phi) is 6.50. The minimum Gasteiger partial charge on any atom is -0.494 e. The highest BCUT2D eigenvalue weighted by molar-refractivity contribution is 5.47. The Bertz CT molecular complexity index is 670. The second-order valence-electron chi connectivity index (χ2n) is 5.85. The summed E-state index contributed by atoms with van der Waals surface area (Å²) in [5, 5.41) is 0. The number of hydrogen-bond acceptors (Lipinski definition) is 4. The molecule has 4 heteroatoms. The molecule has 0 N–H and O–H groups in total. The summed E-state index contributed by atoms with van der Waals surface area (Å²) in [5.74, 6) is 2.49. The fourth-order valence-electron chi connectivity index (χ4n) is 2.76. The Morgan fingerprint density at radius 3 is 2.17 bits per heavy atom. The average molecular weight is 329 g/mol. The van der Waals surface area contributed by atoms with Crippen LogP contribution in [0.5, 0.6) is 17.2 Å². The molecule has 0 saturated carbocycles. The molecule has 130 valence electrons. The third kappa shape index (κ3) is 4.42. The zero-order valence-corrected chi connectivity index (χ0v) is 15.3. The summed E-state index contributed by atoms with van der Waals surface area (Å²) in [7, 11) is 5.44. The first-order chi connectivity index (χ1) is 11.6. The van der Waals surface area contributed by atoms with Crippen molar-refractivity contribution in [2.45, 2.75) is 26.9 Å². The average Bonchev–Trinajstić information content (AvgIpc) is 2.58. The van der Waals surface area contributed by atoms with Crippen LogP contribution in [-0.4, -0.2) is 32.8 Å². The molecule has 0 unspecified atom stereocenters. The molecule has 0 fully saturated rings. The van der Waals surface area contributed by atoms with E-state index in [2.05, 4.69) is 31.0 Å². The van der Waals surface area contributed by atoms with Gasteiger partial charge in [-0.3, -0.25) is 4.90 Å². The van der Waals surface area contributed by atoms with E-state index in [9.17, 15) is 0 Å². The van der Waals surface area contributed by atoms with Crippen LogP contribution in [0.2, 0.25) is 0 Å². The second-order valence-corrected chi connectivity index (χ2v) is 5.85. The largest absolute Gasteiger partial charge is 0.494 e. The Labute approximate surface area is 145 Å². The summed E-state index contributed by atoms with van der Waals surface area (Å²) in [6.45, 7) is 6.43. The predicted octanol–water partition coefficient (Wildman–Crippen LogP) is 4.04. The van der Waals surface area contributed by atoms with Crippen LogP contribution in [-0.2, 0) is 13.1 Å². The minimum absolute atomic E-state index is 0.676. The van der Waals surface area contributed by atoms with Crippen molar-refractivity contribution in [2.75, 3.05) is 27.9 Å². The van der Waals surface area contributed by atoms with Gasteiger partial charge in [0.2, 0.25) is 0 Å². The smallest absolute Gasteiger partial charge is 0.161 e. The van der Waals surface area contributed by atoms with Crippen molar-refractivity contribution >= 4 is 0 Å². The van der Waals surface area contributed by atoms with Gasteiger partial charge in [-0.05, 0) is 50.2 Å². The molecule has 0 atom stereocenters. The van der Waals surface area contributed by atoms with Crippen molar-refractivity contribution in [3.05, 3.63) is 53.1 Å². The molecule has 0 bridgehead atoms. The minimum atomic E-state index is 0.676. The molecule has 0 heterocycles. The topological polar surface area (TPSA) is 30.9 Å². The fraction of sp³-hybridized carbons (Fsp3) is 0.400. The summed E-state index contributed by atoms with van der Waals surface area (Å²) in [6.07, 6.45) is 0. The molecule has 0 aromatic heterocycles. The fourth-order valence-corrected chi connectivity index (χ4v) is 2.76. The molecule has 0 aliphatic rings. The van der Waals surface area contributed by atoms with Crippen molar-refractivity contribution in [1.29, 1.82) is 0 Å². The highest BCUT2D eigenvalue weighted by Gasteiger charge is 2.12. The van der Waals surface area contributed by atoms with Gasteiger partial charge in [0.15, 0.2) is 11.5 Å². The van der Waals surface area contributed by atoms with E-state index in [0.29, 0.717) is 6.61 Å². The van der Waals surface area contributed by atoms with Gasteiger partial charge in [0, 0.05) is 18.7 Å². The van der Waals surface area contributed by atoms with Gasteiger partial charge in [0.1, 0.15) is 5.75 Å². The van der Waals surface area contributed by atoms with Crippen molar-refractivity contribution in [1.82, 2.24) is 4.90 Å². The van der Waals surface area contributed by atoms with Gasteiger partial charge in [0.05, 0.1) is 20.8 Å². The zero-order valence-electron chi connectivity index (χ0n) is 15.3. The van der Waals surface area contributed by atoms with E-state index in [4.69, 9.17) is 14.2 Å².